The molecule has 0 aliphatic heterocycles. The normalized spacial score (nSPS) is 45.0. The maximum atomic E-state index is 11.2. The second kappa shape index (κ2) is 12.9. The van der Waals surface area contributed by atoms with Gasteiger partial charge in [-0.1, -0.05) is 55.4 Å². The summed E-state index contributed by atoms with van der Waals surface area (Å²) in [5.74, 6) is 3.00. The molecule has 10 atom stereocenters. The van der Waals surface area contributed by atoms with Crippen LogP contribution in [0, 0.1) is 51.2 Å². The highest BCUT2D eigenvalue weighted by molar-refractivity contribution is 5.65. The number of aliphatic hydroxyl groups is 3. The molecule has 38 heavy (non-hydrogen) atoms. The monoisotopic (exact) mass is 538 g/mol. The zero-order valence-electron chi connectivity index (χ0n) is 26.5. The second-order valence-electron chi connectivity index (χ2n) is 13.3. The summed E-state index contributed by atoms with van der Waals surface area (Å²) in [7, 11) is 1.00. The van der Waals surface area contributed by atoms with E-state index in [0.29, 0.717) is 35.2 Å². The van der Waals surface area contributed by atoms with Gasteiger partial charge in [-0.2, -0.15) is 0 Å². The molecule has 224 valence electrons. The molecule has 0 aromatic heterocycles. The molecule has 0 aromatic carbocycles. The van der Waals surface area contributed by atoms with Crippen molar-refractivity contribution in [2.45, 2.75) is 139 Å². The lowest BCUT2D eigenvalue weighted by Crippen LogP contribution is -2.54. The van der Waals surface area contributed by atoms with Gasteiger partial charge in [0.05, 0.1) is 18.8 Å². The molecule has 5 nitrogen and oxygen atoms in total. The highest BCUT2D eigenvalue weighted by Gasteiger charge is 2.84. The fourth-order valence-electron chi connectivity index (χ4n) is 10.9. The van der Waals surface area contributed by atoms with E-state index >= 15 is 0 Å². The van der Waals surface area contributed by atoms with Gasteiger partial charge in [0.1, 0.15) is 0 Å². The molecule has 5 saturated carbocycles. The summed E-state index contributed by atoms with van der Waals surface area (Å²) in [6, 6.07) is 0. The summed E-state index contributed by atoms with van der Waals surface area (Å²) in [6.07, 6.45) is 10.9. The van der Waals surface area contributed by atoms with E-state index in [-0.39, 0.29) is 29.0 Å². The van der Waals surface area contributed by atoms with E-state index < -0.39 is 0 Å². The number of rotatable bonds is 5. The molecule has 0 saturated heterocycles. The van der Waals surface area contributed by atoms with Crippen LogP contribution in [0.2, 0.25) is 0 Å². The van der Waals surface area contributed by atoms with Crippen molar-refractivity contribution in [2.24, 2.45) is 51.2 Å². The first kappa shape index (κ1) is 33.6. The zero-order chi connectivity index (χ0) is 29.1. The fourth-order valence-corrected chi connectivity index (χ4v) is 10.9. The van der Waals surface area contributed by atoms with Crippen LogP contribution in [-0.4, -0.2) is 47.2 Å². The molecule has 0 heterocycles. The summed E-state index contributed by atoms with van der Waals surface area (Å²) in [6.45, 7) is 19.7. The van der Waals surface area contributed by atoms with Gasteiger partial charge in [0.15, 0.2) is 0 Å². The molecular formula is C33H62O5. The Morgan fingerprint density at radius 3 is 2.11 bits per heavy atom. The Morgan fingerprint density at radius 2 is 1.50 bits per heavy atom. The third-order valence-corrected chi connectivity index (χ3v) is 12.4. The molecule has 2 spiro atoms. The Morgan fingerprint density at radius 1 is 0.868 bits per heavy atom. The molecule has 0 bridgehead atoms. The van der Waals surface area contributed by atoms with Gasteiger partial charge in [0.2, 0.25) is 0 Å². The van der Waals surface area contributed by atoms with Crippen LogP contribution >= 0.6 is 0 Å². The summed E-state index contributed by atoms with van der Waals surface area (Å²) in [5.41, 5.74) is 1.17. The summed E-state index contributed by atoms with van der Waals surface area (Å²) in [5, 5.41) is 29.1. The predicted octanol–water partition coefficient (Wildman–Crippen LogP) is 7.01. The van der Waals surface area contributed by atoms with Gasteiger partial charge in [-0.25, -0.2) is 0 Å². The number of unbranched alkanes of at least 4 members (excludes halogenated alkanes) is 1. The Hall–Kier alpha value is -0.650. The van der Waals surface area contributed by atoms with Crippen LogP contribution in [0.1, 0.15) is 127 Å². The van der Waals surface area contributed by atoms with Crippen molar-refractivity contribution in [1.82, 2.24) is 0 Å². The maximum absolute atomic E-state index is 11.2. The molecule has 5 fully saturated rings. The number of fused-ring (bicyclic) bond motifs is 2. The molecule has 3 N–H and O–H groups in total. The first-order valence-corrected chi connectivity index (χ1v) is 16.0. The highest BCUT2D eigenvalue weighted by atomic mass is 16.5. The molecule has 0 amide bonds. The van der Waals surface area contributed by atoms with Gasteiger partial charge in [0.25, 0.3) is 0 Å². The van der Waals surface area contributed by atoms with E-state index in [2.05, 4.69) is 27.7 Å². The van der Waals surface area contributed by atoms with Gasteiger partial charge >= 0.3 is 5.97 Å². The second-order valence-corrected chi connectivity index (χ2v) is 13.3. The zero-order valence-corrected chi connectivity index (χ0v) is 26.5. The van der Waals surface area contributed by atoms with E-state index in [1.165, 1.54) is 39.0 Å². The van der Waals surface area contributed by atoms with Crippen molar-refractivity contribution in [3.63, 3.8) is 0 Å². The minimum absolute atomic E-state index is 0.0292. The average molecular weight is 539 g/mol. The van der Waals surface area contributed by atoms with Crippen LogP contribution in [0.5, 0.6) is 0 Å². The van der Waals surface area contributed by atoms with Gasteiger partial charge in [0, 0.05) is 14.0 Å². The van der Waals surface area contributed by atoms with E-state index in [1.54, 1.807) is 0 Å². The summed E-state index contributed by atoms with van der Waals surface area (Å²) in [4.78, 5) is 11.0. The smallest absolute Gasteiger partial charge is 0.302 e. The van der Waals surface area contributed by atoms with Crippen LogP contribution in [0.15, 0.2) is 0 Å². The predicted molar refractivity (Wildman–Crippen MR) is 156 cm³/mol. The van der Waals surface area contributed by atoms with Crippen molar-refractivity contribution in [1.29, 1.82) is 0 Å². The lowest BCUT2D eigenvalue weighted by Gasteiger charge is -2.59. The lowest BCUT2D eigenvalue weighted by atomic mass is 9.46. The maximum Gasteiger partial charge on any atom is 0.302 e. The van der Waals surface area contributed by atoms with E-state index in [0.717, 1.165) is 51.0 Å². The minimum atomic E-state index is -0.197. The Balaban J connectivity index is 0.000000791. The lowest BCUT2D eigenvalue weighted by molar-refractivity contribution is -0.141. The van der Waals surface area contributed by atoms with Crippen LogP contribution in [0.25, 0.3) is 0 Å². The van der Waals surface area contributed by atoms with Crippen molar-refractivity contribution < 1.29 is 24.9 Å². The standard InChI is InChI=1S/C28H46O4.2C2H6.CH4O/c1-17-27-14-13-26(5)20(8-6-7-15-32-18(2)29)22(30)16-21(26)19(27)9-10-23-25(3,4)24(31)11-12-28(17,23)27;3*1-2/h17,19-24,30-31H,6-16H2,1-5H3;2*1-2H3;2H,1H3/t17-,19-,20-,21?,22+,23?,24-,26+,27-,28?;;;/m0.../s1. The summed E-state index contributed by atoms with van der Waals surface area (Å²) >= 11 is 0. The van der Waals surface area contributed by atoms with E-state index in [4.69, 9.17) is 9.84 Å². The molecule has 5 heteroatoms. The number of aliphatic hydroxyl groups excluding tert-OH is 3. The molecule has 3 unspecified atom stereocenters. The number of carbonyl (C=O) groups excluding carboxylic acids is 1. The van der Waals surface area contributed by atoms with E-state index in [1.807, 2.05) is 27.7 Å². The molecule has 0 radical (unpaired) electrons. The first-order valence-electron chi connectivity index (χ1n) is 16.0. The largest absolute Gasteiger partial charge is 0.466 e. The van der Waals surface area contributed by atoms with E-state index in [9.17, 15) is 15.0 Å². The van der Waals surface area contributed by atoms with Crippen molar-refractivity contribution in [2.75, 3.05) is 13.7 Å². The number of hydrogen-bond acceptors (Lipinski definition) is 5. The number of ether oxygens (including phenoxy) is 1. The molecule has 0 aromatic rings. The van der Waals surface area contributed by atoms with Crippen LogP contribution in [-0.2, 0) is 9.53 Å². The van der Waals surface area contributed by atoms with Crippen LogP contribution in [0.3, 0.4) is 0 Å². The fraction of sp³-hybridized carbons (Fsp3) is 0.970. The number of esters is 1. The Kier molecular flexibility index (Phi) is 11.4. The SMILES string of the molecule is CC.CC.CC(=O)OCCCC[C@H]1[C@H](O)CC2[C@@H]3CCC4C(C)(C)[C@@H](O)CCC45[C@@H](C)[C@@]35CC[C@@]21C.CO. The van der Waals surface area contributed by atoms with Crippen molar-refractivity contribution in [3.8, 4) is 0 Å². The third-order valence-electron chi connectivity index (χ3n) is 12.4. The van der Waals surface area contributed by atoms with Crippen molar-refractivity contribution in [3.05, 3.63) is 0 Å². The Bertz CT molecular complexity index is 766. The first-order chi connectivity index (χ1) is 18.0. The molecule has 5 rings (SSSR count). The number of hydrogen-bond donors (Lipinski definition) is 3. The summed E-state index contributed by atoms with van der Waals surface area (Å²) < 4.78 is 5.12. The topological polar surface area (TPSA) is 87.0 Å². The Labute approximate surface area is 234 Å². The van der Waals surface area contributed by atoms with Gasteiger partial charge in [-0.05, 0) is 115 Å². The van der Waals surface area contributed by atoms with Gasteiger partial charge < -0.3 is 20.1 Å². The molecule has 5 aliphatic rings. The quantitative estimate of drug-likeness (QED) is 0.259. The van der Waals surface area contributed by atoms with Crippen molar-refractivity contribution >= 4 is 5.97 Å². The van der Waals surface area contributed by atoms with Crippen LogP contribution < -0.4 is 0 Å². The molecule has 5 aliphatic carbocycles. The minimum Gasteiger partial charge on any atom is -0.466 e. The highest BCUT2D eigenvalue weighted by Crippen LogP contribution is 2.89. The van der Waals surface area contributed by atoms with Crippen LogP contribution in [0.4, 0.5) is 0 Å². The van der Waals surface area contributed by atoms with Gasteiger partial charge in [-0.15, -0.1) is 0 Å². The van der Waals surface area contributed by atoms with Gasteiger partial charge in [-0.3, -0.25) is 4.79 Å². The number of carbonyl (C=O) groups is 1. The molecular weight excluding hydrogens is 476 g/mol. The average Bonchev–Trinajstić information content (AvgIpc) is 3.33. The third kappa shape index (κ3) is 4.89.